The summed E-state index contributed by atoms with van der Waals surface area (Å²) >= 11 is 0. The zero-order chi connectivity index (χ0) is 24.2. The Morgan fingerprint density at radius 3 is 2.45 bits per heavy atom. The number of alkyl halides is 3. The number of halogens is 3. The van der Waals surface area contributed by atoms with E-state index in [0.29, 0.717) is 0 Å². The molecule has 0 heterocycles. The van der Waals surface area contributed by atoms with Gasteiger partial charge in [-0.3, -0.25) is 13.9 Å². The van der Waals surface area contributed by atoms with Gasteiger partial charge < -0.3 is 10.6 Å². The quantitative estimate of drug-likeness (QED) is 0.538. The van der Waals surface area contributed by atoms with Gasteiger partial charge in [-0.2, -0.15) is 13.2 Å². The largest absolute Gasteiger partial charge is 0.416 e. The summed E-state index contributed by atoms with van der Waals surface area (Å²) < 4.78 is 66.6. The molecule has 33 heavy (non-hydrogen) atoms. The van der Waals surface area contributed by atoms with Crippen LogP contribution in [0.2, 0.25) is 0 Å². The molecule has 3 rings (SSSR count). The first-order valence-corrected chi connectivity index (χ1v) is 11.4. The van der Waals surface area contributed by atoms with Crippen molar-refractivity contribution in [1.82, 2.24) is 10.6 Å². The second-order valence-corrected chi connectivity index (χ2v) is 9.29. The van der Waals surface area contributed by atoms with E-state index in [9.17, 15) is 31.2 Å². The van der Waals surface area contributed by atoms with Crippen molar-refractivity contribution >= 4 is 27.5 Å². The fourth-order valence-electron chi connectivity index (χ4n) is 2.99. The van der Waals surface area contributed by atoms with Gasteiger partial charge in [0.1, 0.15) is 0 Å². The Morgan fingerprint density at radius 1 is 1.12 bits per heavy atom. The van der Waals surface area contributed by atoms with Crippen LogP contribution in [-0.2, 0) is 21.0 Å². The van der Waals surface area contributed by atoms with E-state index in [0.717, 1.165) is 41.4 Å². The highest BCUT2D eigenvalue weighted by Crippen LogP contribution is 2.33. The van der Waals surface area contributed by atoms with Crippen LogP contribution in [0.3, 0.4) is 0 Å². The maximum atomic E-state index is 13.3. The molecule has 11 heteroatoms. The molecule has 1 saturated carbocycles. The normalized spacial score (nSPS) is 13.8. The van der Waals surface area contributed by atoms with E-state index in [4.69, 9.17) is 0 Å². The number of benzene rings is 2. The fraction of sp³-hybridized carbons (Fsp3) is 0.273. The molecule has 0 saturated heterocycles. The molecule has 2 aromatic rings. The van der Waals surface area contributed by atoms with Crippen LogP contribution in [0.4, 0.5) is 18.9 Å². The highest BCUT2D eigenvalue weighted by atomic mass is 32.2. The number of carbonyl (C=O) groups excluding carboxylic acids is 2. The number of sulfonamides is 1. The molecule has 0 radical (unpaired) electrons. The van der Waals surface area contributed by atoms with Crippen LogP contribution in [0.1, 0.15) is 28.8 Å². The number of anilines is 1. The summed E-state index contributed by atoms with van der Waals surface area (Å²) in [5, 5.41) is 5.13. The van der Waals surface area contributed by atoms with Gasteiger partial charge in [0.15, 0.2) is 0 Å². The summed E-state index contributed by atoms with van der Waals surface area (Å²) in [4.78, 5) is 23.9. The first-order valence-electron chi connectivity index (χ1n) is 10.0. The van der Waals surface area contributed by atoms with E-state index in [1.54, 1.807) is 0 Å². The summed E-state index contributed by atoms with van der Waals surface area (Å²) in [5.41, 5.74) is -1.21. The van der Waals surface area contributed by atoms with Gasteiger partial charge in [-0.15, -0.1) is 6.58 Å². The molecule has 0 aromatic heterocycles. The predicted octanol–water partition coefficient (Wildman–Crippen LogP) is 3.10. The second-order valence-electron chi connectivity index (χ2n) is 7.43. The molecular formula is C22H22F3N3O4S. The first-order chi connectivity index (χ1) is 15.5. The van der Waals surface area contributed by atoms with Crippen molar-refractivity contribution < 1.29 is 31.2 Å². The first kappa shape index (κ1) is 24.3. The van der Waals surface area contributed by atoms with Crippen molar-refractivity contribution in [1.29, 1.82) is 0 Å². The number of hydrogen-bond donors (Lipinski definition) is 2. The molecule has 0 bridgehead atoms. The Bertz CT molecular complexity index is 1160. The molecule has 176 valence electrons. The lowest BCUT2D eigenvalue weighted by Gasteiger charge is -2.24. The third-order valence-corrected chi connectivity index (χ3v) is 6.58. The fourth-order valence-corrected chi connectivity index (χ4v) is 4.46. The number of nitrogens with zero attached hydrogens (tertiary/aromatic N) is 1. The van der Waals surface area contributed by atoms with E-state index in [-0.39, 0.29) is 41.2 Å². The van der Waals surface area contributed by atoms with Crippen LogP contribution in [0.25, 0.3) is 0 Å². The standard InChI is InChI=1S/C22H22F3N3O4S/c1-2-11-28(18-7-4-6-16(13-18)22(23,24)25)33(31,32)19-8-3-5-15(12-19)21(30)26-14-20(29)27-17-9-10-17/h2-8,12-13,17H,1,9-11,14H2,(H,26,30)(H,27,29). The van der Waals surface area contributed by atoms with Crippen LogP contribution >= 0.6 is 0 Å². The molecule has 7 nitrogen and oxygen atoms in total. The predicted molar refractivity (Wildman–Crippen MR) is 116 cm³/mol. The molecule has 1 fully saturated rings. The van der Waals surface area contributed by atoms with E-state index < -0.39 is 27.7 Å². The minimum absolute atomic E-state index is 0.0158. The number of amides is 2. The highest BCUT2D eigenvalue weighted by molar-refractivity contribution is 7.92. The molecule has 0 unspecified atom stereocenters. The van der Waals surface area contributed by atoms with Gasteiger partial charge in [0.05, 0.1) is 29.2 Å². The number of carbonyl (C=O) groups is 2. The van der Waals surface area contributed by atoms with Gasteiger partial charge in [-0.1, -0.05) is 18.2 Å². The maximum Gasteiger partial charge on any atom is 0.416 e. The zero-order valence-electron chi connectivity index (χ0n) is 17.4. The highest BCUT2D eigenvalue weighted by Gasteiger charge is 2.32. The van der Waals surface area contributed by atoms with Gasteiger partial charge in [0.2, 0.25) is 5.91 Å². The van der Waals surface area contributed by atoms with Crippen molar-refractivity contribution in [3.8, 4) is 0 Å². The average Bonchev–Trinajstić information content (AvgIpc) is 3.59. The van der Waals surface area contributed by atoms with Gasteiger partial charge in [0.25, 0.3) is 15.9 Å². The van der Waals surface area contributed by atoms with Crippen molar-refractivity contribution in [3.05, 3.63) is 72.3 Å². The SMILES string of the molecule is C=CCN(c1cccc(C(F)(F)F)c1)S(=O)(=O)c1cccc(C(=O)NCC(=O)NC2CC2)c1. The van der Waals surface area contributed by atoms with Crippen molar-refractivity contribution in [2.45, 2.75) is 30.0 Å². The molecule has 2 aromatic carbocycles. The lowest BCUT2D eigenvalue weighted by atomic mass is 10.2. The Kier molecular flexibility index (Phi) is 7.11. The van der Waals surface area contributed by atoms with E-state index in [1.807, 2.05) is 0 Å². The number of hydrogen-bond acceptors (Lipinski definition) is 4. The van der Waals surface area contributed by atoms with Crippen molar-refractivity contribution in [2.24, 2.45) is 0 Å². The van der Waals surface area contributed by atoms with Crippen molar-refractivity contribution in [2.75, 3.05) is 17.4 Å². The summed E-state index contributed by atoms with van der Waals surface area (Å²) in [5.74, 6) is -1.01. The Morgan fingerprint density at radius 2 is 1.82 bits per heavy atom. The number of rotatable bonds is 9. The third-order valence-electron chi connectivity index (χ3n) is 4.79. The molecule has 2 amide bonds. The Labute approximate surface area is 189 Å². The zero-order valence-corrected chi connectivity index (χ0v) is 18.2. The van der Waals surface area contributed by atoms with Crippen LogP contribution in [0, 0.1) is 0 Å². The molecule has 1 aliphatic rings. The maximum absolute atomic E-state index is 13.3. The summed E-state index contributed by atoms with van der Waals surface area (Å²) in [6.45, 7) is 2.93. The van der Waals surface area contributed by atoms with E-state index in [2.05, 4.69) is 17.2 Å². The van der Waals surface area contributed by atoms with Crippen LogP contribution in [0.15, 0.2) is 66.1 Å². The minimum atomic E-state index is -4.65. The Balaban J connectivity index is 1.84. The molecule has 0 aliphatic heterocycles. The minimum Gasteiger partial charge on any atom is -0.352 e. The van der Waals surface area contributed by atoms with Gasteiger partial charge in [-0.05, 0) is 49.2 Å². The van der Waals surface area contributed by atoms with Crippen molar-refractivity contribution in [3.63, 3.8) is 0 Å². The van der Waals surface area contributed by atoms with Gasteiger partial charge >= 0.3 is 6.18 Å². The van der Waals surface area contributed by atoms with Crippen LogP contribution in [-0.4, -0.2) is 39.4 Å². The Hall–Kier alpha value is -3.34. The lowest BCUT2D eigenvalue weighted by Crippen LogP contribution is -2.38. The molecule has 0 spiro atoms. The molecular weight excluding hydrogens is 459 g/mol. The summed E-state index contributed by atoms with van der Waals surface area (Å²) in [6.07, 6.45) is -1.62. The van der Waals surface area contributed by atoms with E-state index in [1.165, 1.54) is 30.3 Å². The van der Waals surface area contributed by atoms with Gasteiger partial charge in [0, 0.05) is 11.6 Å². The van der Waals surface area contributed by atoms with E-state index >= 15 is 0 Å². The van der Waals surface area contributed by atoms with Crippen LogP contribution in [0.5, 0.6) is 0 Å². The average molecular weight is 481 g/mol. The summed E-state index contributed by atoms with van der Waals surface area (Å²) in [7, 11) is -4.34. The number of nitrogens with one attached hydrogen (secondary N) is 2. The lowest BCUT2D eigenvalue weighted by molar-refractivity contribution is -0.137. The van der Waals surface area contributed by atoms with Gasteiger partial charge in [-0.25, -0.2) is 8.42 Å². The molecule has 2 N–H and O–H groups in total. The molecule has 0 atom stereocenters. The smallest absolute Gasteiger partial charge is 0.352 e. The topological polar surface area (TPSA) is 95.6 Å². The monoisotopic (exact) mass is 481 g/mol. The third kappa shape index (κ3) is 6.13. The summed E-state index contributed by atoms with van der Waals surface area (Å²) in [6, 6.07) is 9.10. The second kappa shape index (κ2) is 9.65. The molecule has 1 aliphatic carbocycles. The van der Waals surface area contributed by atoms with Crippen LogP contribution < -0.4 is 14.9 Å².